The number of ether oxygens (including phenoxy) is 2. The molecule has 1 unspecified atom stereocenters. The van der Waals surface area contributed by atoms with E-state index in [0.29, 0.717) is 18.7 Å². The summed E-state index contributed by atoms with van der Waals surface area (Å²) < 4.78 is 11.8. The van der Waals surface area contributed by atoms with Crippen LogP contribution in [0, 0.1) is 0 Å². The number of rotatable bonds is 5. The summed E-state index contributed by atoms with van der Waals surface area (Å²) in [6, 6.07) is 10.9. The van der Waals surface area contributed by atoms with Gasteiger partial charge in [-0.15, -0.1) is 0 Å². The number of nitrogens with zero attached hydrogens (tertiary/aromatic N) is 2. The number of piperidine rings is 1. The molecule has 3 heterocycles. The molecule has 3 aliphatic rings. The molecule has 1 saturated heterocycles. The fraction of sp³-hybridized carbons (Fsp3) is 0.321. The number of aromatic nitrogens is 1. The van der Waals surface area contributed by atoms with Crippen LogP contribution in [-0.4, -0.2) is 52.9 Å². The van der Waals surface area contributed by atoms with Gasteiger partial charge in [0.05, 0.1) is 5.60 Å². The number of methoxy groups -OCH3 is 1. The Bertz CT molecular complexity index is 1160. The smallest absolute Gasteiger partial charge is 0.227 e. The second-order valence-electron chi connectivity index (χ2n) is 9.00. The van der Waals surface area contributed by atoms with Gasteiger partial charge in [0, 0.05) is 44.1 Å². The van der Waals surface area contributed by atoms with Crippen molar-refractivity contribution in [2.24, 2.45) is 0 Å². The number of aliphatic hydroxyl groups is 1. The lowest BCUT2D eigenvalue weighted by atomic mass is 9.84. The Morgan fingerprint density at radius 2 is 2.00 bits per heavy atom. The second-order valence-corrected chi connectivity index (χ2v) is 9.00. The minimum Gasteiger partial charge on any atom is -0.508 e. The van der Waals surface area contributed by atoms with Crippen molar-refractivity contribution in [3.05, 3.63) is 95.4 Å². The molecule has 0 radical (unpaired) electrons. The predicted molar refractivity (Wildman–Crippen MR) is 131 cm³/mol. The number of phenolic OH excluding ortho intramolecular Hbond substituents is 1. The Morgan fingerprint density at radius 3 is 2.76 bits per heavy atom. The van der Waals surface area contributed by atoms with Crippen LogP contribution in [-0.2, 0) is 10.3 Å². The second kappa shape index (κ2) is 9.58. The molecule has 6 heteroatoms. The van der Waals surface area contributed by atoms with Crippen molar-refractivity contribution < 1.29 is 19.7 Å². The summed E-state index contributed by atoms with van der Waals surface area (Å²) in [5.74, 6) is 1.59. The summed E-state index contributed by atoms with van der Waals surface area (Å²) in [4.78, 5) is 6.86. The largest absolute Gasteiger partial charge is 0.508 e. The van der Waals surface area contributed by atoms with Gasteiger partial charge in [-0.2, -0.15) is 0 Å². The van der Waals surface area contributed by atoms with Gasteiger partial charge in [-0.3, -0.25) is 0 Å². The minimum absolute atomic E-state index is 0.155. The van der Waals surface area contributed by atoms with Crippen LogP contribution >= 0.6 is 0 Å². The summed E-state index contributed by atoms with van der Waals surface area (Å²) in [6.45, 7) is 2.56. The third-order valence-corrected chi connectivity index (χ3v) is 6.88. The quantitative estimate of drug-likeness (QED) is 0.695. The molecule has 0 bridgehead atoms. The number of aromatic hydroxyl groups is 1. The Hall–Kier alpha value is -3.19. The van der Waals surface area contributed by atoms with Crippen LogP contribution < -0.4 is 4.74 Å². The molecule has 34 heavy (non-hydrogen) atoms. The molecule has 0 spiro atoms. The average Bonchev–Trinajstić information content (AvgIpc) is 3.02. The third kappa shape index (κ3) is 4.57. The Labute approximate surface area is 200 Å². The highest BCUT2D eigenvalue weighted by Gasteiger charge is 2.33. The van der Waals surface area contributed by atoms with E-state index in [-0.39, 0.29) is 11.9 Å². The molecule has 1 aromatic carbocycles. The van der Waals surface area contributed by atoms with Crippen molar-refractivity contribution >= 4 is 5.57 Å². The van der Waals surface area contributed by atoms with Gasteiger partial charge in [-0.05, 0) is 66.8 Å². The highest BCUT2D eigenvalue weighted by atomic mass is 16.5. The Kier molecular flexibility index (Phi) is 6.37. The van der Waals surface area contributed by atoms with Crippen molar-refractivity contribution in [2.45, 2.75) is 31.0 Å². The number of hydrogen-bond donors (Lipinski definition) is 2. The summed E-state index contributed by atoms with van der Waals surface area (Å²) >= 11 is 0. The topological polar surface area (TPSA) is 75.1 Å². The van der Waals surface area contributed by atoms with E-state index in [9.17, 15) is 10.2 Å². The maximum atomic E-state index is 11.1. The van der Waals surface area contributed by atoms with Crippen LogP contribution in [0.2, 0.25) is 0 Å². The zero-order chi connectivity index (χ0) is 23.5. The van der Waals surface area contributed by atoms with Crippen molar-refractivity contribution in [1.29, 1.82) is 0 Å². The normalized spacial score (nSPS) is 22.8. The van der Waals surface area contributed by atoms with Crippen LogP contribution in [0.15, 0.2) is 84.3 Å². The number of hydrogen-bond acceptors (Lipinski definition) is 6. The molecular weight excluding hydrogens is 428 g/mol. The van der Waals surface area contributed by atoms with E-state index in [4.69, 9.17) is 9.47 Å². The first-order chi connectivity index (χ1) is 16.6. The molecule has 6 nitrogen and oxygen atoms in total. The molecule has 0 saturated carbocycles. The lowest BCUT2D eigenvalue weighted by Gasteiger charge is -2.38. The van der Waals surface area contributed by atoms with Crippen molar-refractivity contribution in [3.8, 4) is 11.6 Å². The number of fused-ring (bicyclic) bond motifs is 2. The summed E-state index contributed by atoms with van der Waals surface area (Å²) in [5.41, 5.74) is 3.09. The maximum absolute atomic E-state index is 11.1. The van der Waals surface area contributed by atoms with Crippen molar-refractivity contribution in [3.63, 3.8) is 0 Å². The van der Waals surface area contributed by atoms with Gasteiger partial charge in [-0.25, -0.2) is 4.98 Å². The first-order valence-corrected chi connectivity index (χ1v) is 11.8. The fourth-order valence-electron chi connectivity index (χ4n) is 4.86. The maximum Gasteiger partial charge on any atom is 0.227 e. The molecule has 5 rings (SSSR count). The fourth-order valence-corrected chi connectivity index (χ4v) is 4.86. The van der Waals surface area contributed by atoms with E-state index in [2.05, 4.69) is 22.0 Å². The molecule has 1 atom stereocenters. The number of benzene rings is 1. The minimum atomic E-state index is -0.831. The van der Waals surface area contributed by atoms with E-state index in [0.717, 1.165) is 54.1 Å². The molecule has 2 aliphatic heterocycles. The van der Waals surface area contributed by atoms with Crippen molar-refractivity contribution in [2.75, 3.05) is 26.7 Å². The van der Waals surface area contributed by atoms with Gasteiger partial charge < -0.3 is 24.6 Å². The SMILES string of the molecule is COC1C=CC=C2Oc3ncccc3C(=CCCN3CCC(O)(c4ccc(O)cc4)CC3)C=C21. The van der Waals surface area contributed by atoms with E-state index in [1.165, 1.54) is 0 Å². The third-order valence-electron chi connectivity index (χ3n) is 6.88. The number of pyridine rings is 1. The molecule has 1 fully saturated rings. The average molecular weight is 459 g/mol. The lowest BCUT2D eigenvalue weighted by Crippen LogP contribution is -2.42. The summed E-state index contributed by atoms with van der Waals surface area (Å²) in [7, 11) is 1.70. The highest BCUT2D eigenvalue weighted by Crippen LogP contribution is 2.37. The zero-order valence-electron chi connectivity index (χ0n) is 19.4. The van der Waals surface area contributed by atoms with Crippen LogP contribution in [0.3, 0.4) is 0 Å². The van der Waals surface area contributed by atoms with Gasteiger partial charge >= 0.3 is 0 Å². The van der Waals surface area contributed by atoms with Crippen LogP contribution in [0.25, 0.3) is 5.57 Å². The monoisotopic (exact) mass is 458 g/mol. The van der Waals surface area contributed by atoms with Crippen molar-refractivity contribution in [1.82, 2.24) is 9.88 Å². The number of phenols is 1. The molecule has 2 N–H and O–H groups in total. The molecule has 0 amide bonds. The van der Waals surface area contributed by atoms with Gasteiger partial charge in [-0.1, -0.05) is 30.4 Å². The van der Waals surface area contributed by atoms with Gasteiger partial charge in [0.25, 0.3) is 0 Å². The first kappa shape index (κ1) is 22.6. The summed E-state index contributed by atoms with van der Waals surface area (Å²) in [6.07, 6.45) is 14.1. The molecule has 176 valence electrons. The van der Waals surface area contributed by atoms with Crippen LogP contribution in [0.5, 0.6) is 11.6 Å². The molecule has 1 aromatic heterocycles. The van der Waals surface area contributed by atoms with E-state index in [1.54, 1.807) is 25.4 Å². The summed E-state index contributed by atoms with van der Waals surface area (Å²) in [5, 5.41) is 20.6. The number of allylic oxidation sites excluding steroid dienone is 4. The predicted octanol–water partition coefficient (Wildman–Crippen LogP) is 4.33. The van der Waals surface area contributed by atoms with E-state index in [1.807, 2.05) is 42.5 Å². The molecule has 2 aromatic rings. The lowest BCUT2D eigenvalue weighted by molar-refractivity contribution is -0.0254. The Balaban J connectivity index is 1.29. The van der Waals surface area contributed by atoms with E-state index < -0.39 is 5.60 Å². The standard InChI is InChI=1S/C28H30N2O4/c1-33-25-7-2-8-26-24(25)19-20(23-6-3-15-29-27(23)34-26)5-4-16-30-17-13-28(32,14-18-30)21-9-11-22(31)12-10-21/h2-3,5-12,15,19,25,31-32H,4,13-14,16-18H2,1H3. The van der Waals surface area contributed by atoms with Crippen LogP contribution in [0.1, 0.15) is 30.4 Å². The Morgan fingerprint density at radius 1 is 1.21 bits per heavy atom. The zero-order valence-corrected chi connectivity index (χ0v) is 19.4. The van der Waals surface area contributed by atoms with Crippen LogP contribution in [0.4, 0.5) is 0 Å². The highest BCUT2D eigenvalue weighted by molar-refractivity contribution is 5.80. The van der Waals surface area contributed by atoms with E-state index >= 15 is 0 Å². The number of likely N-dealkylation sites (tertiary alicyclic amines) is 1. The van der Waals surface area contributed by atoms with Gasteiger partial charge in [0.15, 0.2) is 0 Å². The van der Waals surface area contributed by atoms with Gasteiger partial charge in [0.1, 0.15) is 17.6 Å². The molecule has 1 aliphatic carbocycles. The molecular formula is C28H30N2O4. The first-order valence-electron chi connectivity index (χ1n) is 11.8. The van der Waals surface area contributed by atoms with Gasteiger partial charge in [0.2, 0.25) is 5.88 Å².